The molecule has 3 aromatic rings. The second kappa shape index (κ2) is 5.31. The minimum Gasteiger partial charge on any atom is -0.493 e. The summed E-state index contributed by atoms with van der Waals surface area (Å²) in [5.74, 6) is -0.183. The molecule has 0 aliphatic rings. The summed E-state index contributed by atoms with van der Waals surface area (Å²) in [6.45, 7) is 1.77. The van der Waals surface area contributed by atoms with E-state index in [0.717, 1.165) is 5.56 Å². The van der Waals surface area contributed by atoms with Crippen molar-refractivity contribution >= 4 is 21.6 Å². The van der Waals surface area contributed by atoms with Crippen LogP contribution in [0.5, 0.6) is 5.88 Å². The first-order valence-corrected chi connectivity index (χ1v) is 7.28. The van der Waals surface area contributed by atoms with Crippen LogP contribution in [0.15, 0.2) is 33.5 Å². The molecule has 0 radical (unpaired) electrons. The SMILES string of the molecule is Cc1nn2c(O)c(Cc3ccc(C#N)cc3)c(=O)[nH]c2c1Br. The Hall–Kier alpha value is -2.59. The highest BCUT2D eigenvalue weighted by molar-refractivity contribution is 9.10. The van der Waals surface area contributed by atoms with E-state index in [9.17, 15) is 9.90 Å². The van der Waals surface area contributed by atoms with Gasteiger partial charge in [0, 0.05) is 6.42 Å². The average Bonchev–Trinajstić information content (AvgIpc) is 2.80. The summed E-state index contributed by atoms with van der Waals surface area (Å²) in [5, 5.41) is 23.3. The molecule has 0 unspecified atom stereocenters. The van der Waals surface area contributed by atoms with Crippen LogP contribution in [0, 0.1) is 18.3 Å². The zero-order chi connectivity index (χ0) is 15.9. The number of aromatic amines is 1. The van der Waals surface area contributed by atoms with Gasteiger partial charge in [-0.3, -0.25) is 4.79 Å². The number of H-pyrrole nitrogens is 1. The number of aromatic hydroxyl groups is 1. The van der Waals surface area contributed by atoms with Gasteiger partial charge in [-0.2, -0.15) is 14.9 Å². The fraction of sp³-hybridized carbons (Fsp3) is 0.133. The standard InChI is InChI=1S/C15H11BrN4O2/c1-8-12(16)13-18-14(21)11(15(22)20(13)19-8)6-9-2-4-10(7-17)5-3-9/h2-5,22H,6H2,1H3,(H,18,21). The van der Waals surface area contributed by atoms with Crippen LogP contribution < -0.4 is 5.56 Å². The van der Waals surface area contributed by atoms with Crippen molar-refractivity contribution in [3.05, 3.63) is 61.5 Å². The third-order valence-corrected chi connectivity index (χ3v) is 4.38. The van der Waals surface area contributed by atoms with E-state index in [0.29, 0.717) is 21.4 Å². The Bertz CT molecular complexity index is 964. The van der Waals surface area contributed by atoms with Gasteiger partial charge in [-0.25, -0.2) is 0 Å². The zero-order valence-electron chi connectivity index (χ0n) is 11.6. The molecular formula is C15H11BrN4O2. The molecule has 3 rings (SSSR count). The van der Waals surface area contributed by atoms with Gasteiger partial charge in [0.2, 0.25) is 5.88 Å². The van der Waals surface area contributed by atoms with Crippen LogP contribution in [0.2, 0.25) is 0 Å². The van der Waals surface area contributed by atoms with Crippen LogP contribution in [0.25, 0.3) is 5.65 Å². The molecule has 6 nitrogen and oxygen atoms in total. The largest absolute Gasteiger partial charge is 0.493 e. The zero-order valence-corrected chi connectivity index (χ0v) is 13.2. The summed E-state index contributed by atoms with van der Waals surface area (Å²) in [6, 6.07) is 8.90. The Labute approximate surface area is 133 Å². The van der Waals surface area contributed by atoms with Gasteiger partial charge in [-0.05, 0) is 40.5 Å². The number of halogens is 1. The van der Waals surface area contributed by atoms with Gasteiger partial charge in [0.15, 0.2) is 5.65 Å². The Morgan fingerprint density at radius 2 is 2.09 bits per heavy atom. The molecule has 110 valence electrons. The molecular weight excluding hydrogens is 348 g/mol. The first-order chi connectivity index (χ1) is 10.5. The van der Waals surface area contributed by atoms with E-state index in [1.807, 2.05) is 6.07 Å². The molecule has 0 saturated heterocycles. The highest BCUT2D eigenvalue weighted by Gasteiger charge is 2.17. The third kappa shape index (κ3) is 2.27. The van der Waals surface area contributed by atoms with Crippen LogP contribution >= 0.6 is 15.9 Å². The number of hydrogen-bond acceptors (Lipinski definition) is 4. The van der Waals surface area contributed by atoms with Crippen molar-refractivity contribution in [3.63, 3.8) is 0 Å². The van der Waals surface area contributed by atoms with E-state index in [2.05, 4.69) is 26.0 Å². The van der Waals surface area contributed by atoms with Crippen LogP contribution in [0.4, 0.5) is 0 Å². The molecule has 0 atom stereocenters. The van der Waals surface area contributed by atoms with E-state index < -0.39 is 0 Å². The minimum absolute atomic E-state index is 0.183. The summed E-state index contributed by atoms with van der Waals surface area (Å²) in [7, 11) is 0. The number of nitrogens with zero attached hydrogens (tertiary/aromatic N) is 3. The van der Waals surface area contributed by atoms with Crippen LogP contribution in [0.3, 0.4) is 0 Å². The molecule has 0 aliphatic heterocycles. The quantitative estimate of drug-likeness (QED) is 0.734. The number of rotatable bonds is 2. The second-order valence-electron chi connectivity index (χ2n) is 4.90. The number of aryl methyl sites for hydroxylation is 1. The molecule has 2 heterocycles. The highest BCUT2D eigenvalue weighted by atomic mass is 79.9. The highest BCUT2D eigenvalue weighted by Crippen LogP contribution is 2.25. The predicted molar refractivity (Wildman–Crippen MR) is 83.9 cm³/mol. The summed E-state index contributed by atoms with van der Waals surface area (Å²) >= 11 is 3.33. The maximum absolute atomic E-state index is 12.2. The van der Waals surface area contributed by atoms with Crippen molar-refractivity contribution < 1.29 is 5.11 Å². The van der Waals surface area contributed by atoms with Crippen molar-refractivity contribution in [2.24, 2.45) is 0 Å². The number of benzene rings is 1. The molecule has 22 heavy (non-hydrogen) atoms. The number of aromatic nitrogens is 3. The monoisotopic (exact) mass is 358 g/mol. The van der Waals surface area contributed by atoms with Gasteiger partial charge in [0.05, 0.1) is 27.4 Å². The van der Waals surface area contributed by atoms with E-state index >= 15 is 0 Å². The van der Waals surface area contributed by atoms with Gasteiger partial charge in [-0.1, -0.05) is 12.1 Å². The van der Waals surface area contributed by atoms with Crippen LogP contribution in [-0.2, 0) is 6.42 Å². The molecule has 1 aromatic carbocycles. The lowest BCUT2D eigenvalue weighted by atomic mass is 10.1. The van der Waals surface area contributed by atoms with Gasteiger partial charge >= 0.3 is 0 Å². The van der Waals surface area contributed by atoms with Crippen LogP contribution in [-0.4, -0.2) is 19.7 Å². The molecule has 0 saturated carbocycles. The minimum atomic E-state index is -0.366. The maximum atomic E-state index is 12.2. The van der Waals surface area contributed by atoms with Gasteiger partial charge in [0.1, 0.15) is 0 Å². The summed E-state index contributed by atoms with van der Waals surface area (Å²) < 4.78 is 1.95. The number of nitriles is 1. The van der Waals surface area contributed by atoms with Crippen molar-refractivity contribution in [2.45, 2.75) is 13.3 Å². The fourth-order valence-electron chi connectivity index (χ4n) is 2.24. The maximum Gasteiger partial charge on any atom is 0.258 e. The molecule has 0 aliphatic carbocycles. The van der Waals surface area contributed by atoms with Crippen molar-refractivity contribution in [2.75, 3.05) is 0 Å². The predicted octanol–water partition coefficient (Wildman–Crippen LogP) is 2.26. The van der Waals surface area contributed by atoms with Gasteiger partial charge in [0.25, 0.3) is 5.56 Å². The first kappa shape index (κ1) is 14.4. The molecule has 2 aromatic heterocycles. The Morgan fingerprint density at radius 1 is 1.41 bits per heavy atom. The fourth-order valence-corrected chi connectivity index (χ4v) is 2.59. The number of nitrogens with one attached hydrogen (secondary N) is 1. The molecule has 0 spiro atoms. The van der Waals surface area contributed by atoms with Crippen molar-refractivity contribution in [1.29, 1.82) is 5.26 Å². The summed E-state index contributed by atoms with van der Waals surface area (Å²) in [5.41, 5.74) is 2.32. The van der Waals surface area contributed by atoms with Gasteiger partial charge < -0.3 is 10.1 Å². The van der Waals surface area contributed by atoms with Crippen LogP contribution in [0.1, 0.15) is 22.4 Å². The lowest BCUT2D eigenvalue weighted by molar-refractivity contribution is 0.427. The normalized spacial score (nSPS) is 10.8. The van der Waals surface area contributed by atoms with E-state index in [1.165, 1.54) is 4.52 Å². The Kier molecular flexibility index (Phi) is 3.47. The number of hydrogen-bond donors (Lipinski definition) is 2. The summed E-state index contributed by atoms with van der Waals surface area (Å²) in [6.07, 6.45) is 0.249. The van der Waals surface area contributed by atoms with Crippen molar-refractivity contribution in [3.8, 4) is 11.9 Å². The second-order valence-corrected chi connectivity index (χ2v) is 5.69. The van der Waals surface area contributed by atoms with E-state index in [1.54, 1.807) is 31.2 Å². The van der Waals surface area contributed by atoms with E-state index in [4.69, 9.17) is 5.26 Å². The smallest absolute Gasteiger partial charge is 0.258 e. The van der Waals surface area contributed by atoms with Crippen molar-refractivity contribution in [1.82, 2.24) is 14.6 Å². The molecule has 0 bridgehead atoms. The molecule has 0 amide bonds. The summed E-state index contributed by atoms with van der Waals surface area (Å²) in [4.78, 5) is 14.9. The number of fused-ring (bicyclic) bond motifs is 1. The Morgan fingerprint density at radius 3 is 2.73 bits per heavy atom. The van der Waals surface area contributed by atoms with Gasteiger partial charge in [-0.15, -0.1) is 0 Å². The molecule has 2 N–H and O–H groups in total. The Balaban J connectivity index is 2.10. The topological polar surface area (TPSA) is 94.2 Å². The third-order valence-electron chi connectivity index (χ3n) is 3.43. The molecule has 7 heteroatoms. The lowest BCUT2D eigenvalue weighted by Crippen LogP contribution is -2.16. The first-order valence-electron chi connectivity index (χ1n) is 6.49. The lowest BCUT2D eigenvalue weighted by Gasteiger charge is -2.06. The van der Waals surface area contributed by atoms with E-state index in [-0.39, 0.29) is 23.4 Å². The average molecular weight is 359 g/mol. The molecule has 0 fully saturated rings.